The van der Waals surface area contributed by atoms with Gasteiger partial charge in [-0.25, -0.2) is 4.98 Å². The third-order valence-electron chi connectivity index (χ3n) is 4.23. The molecule has 1 N–H and O–H groups in total. The number of benzene rings is 1. The number of nitriles is 1. The van der Waals surface area contributed by atoms with Gasteiger partial charge in [-0.1, -0.05) is 11.6 Å². The van der Waals surface area contributed by atoms with E-state index in [0.717, 1.165) is 6.07 Å². The highest BCUT2D eigenvalue weighted by molar-refractivity contribution is 6.33. The molecule has 0 atom stereocenters. The van der Waals surface area contributed by atoms with Gasteiger partial charge < -0.3 is 14.6 Å². The smallest absolute Gasteiger partial charge is 0.417 e. The quantitative estimate of drug-likeness (QED) is 0.535. The first kappa shape index (κ1) is 22.2. The summed E-state index contributed by atoms with van der Waals surface area (Å²) in [4.78, 5) is 16.1. The Kier molecular flexibility index (Phi) is 6.82. The van der Waals surface area contributed by atoms with Gasteiger partial charge in [-0.2, -0.15) is 18.4 Å². The normalized spacial score (nSPS) is 11.1. The molecular weight excluding hydrogens is 433 g/mol. The van der Waals surface area contributed by atoms with Crippen molar-refractivity contribution in [2.45, 2.75) is 12.6 Å². The summed E-state index contributed by atoms with van der Waals surface area (Å²) in [6, 6.07) is 10.6. The minimum atomic E-state index is -4.53. The minimum absolute atomic E-state index is 0.0419. The van der Waals surface area contributed by atoms with Crippen molar-refractivity contribution in [3.05, 3.63) is 76.7 Å². The average molecular weight is 449 g/mol. The van der Waals surface area contributed by atoms with Gasteiger partial charge >= 0.3 is 6.18 Å². The standard InChI is InChI=1S/C21H16ClF3N4O2/c22-17-5-4-14(12-26)10-16(17)19(30)27-6-3-9-31-20-18(29-7-1-2-8-29)11-15(13-28-20)21(23,24)25/h1-2,4-5,7-8,10-11,13H,3,6,9H2,(H,27,30). The van der Waals surface area contributed by atoms with E-state index in [9.17, 15) is 18.0 Å². The van der Waals surface area contributed by atoms with Gasteiger partial charge in [-0.3, -0.25) is 4.79 Å². The van der Waals surface area contributed by atoms with Crippen molar-refractivity contribution in [2.24, 2.45) is 0 Å². The average Bonchev–Trinajstić information content (AvgIpc) is 3.27. The van der Waals surface area contributed by atoms with Crippen molar-refractivity contribution in [3.63, 3.8) is 0 Å². The number of pyridine rings is 1. The molecule has 0 fully saturated rings. The Morgan fingerprint density at radius 1 is 1.26 bits per heavy atom. The van der Waals surface area contributed by atoms with E-state index >= 15 is 0 Å². The second kappa shape index (κ2) is 9.53. The Labute approximate surface area is 180 Å². The number of rotatable bonds is 7. The molecular formula is C21H16ClF3N4O2. The first-order valence-electron chi connectivity index (χ1n) is 9.11. The van der Waals surface area contributed by atoms with Gasteiger partial charge in [0.25, 0.3) is 5.91 Å². The van der Waals surface area contributed by atoms with Crippen LogP contribution in [0.15, 0.2) is 55.0 Å². The number of aromatic nitrogens is 2. The minimum Gasteiger partial charge on any atom is -0.476 e. The van der Waals surface area contributed by atoms with Crippen molar-refractivity contribution < 1.29 is 22.7 Å². The van der Waals surface area contributed by atoms with Gasteiger partial charge in [-0.15, -0.1) is 0 Å². The zero-order chi connectivity index (χ0) is 22.4. The Hall–Kier alpha value is -3.51. The summed E-state index contributed by atoms with van der Waals surface area (Å²) in [6.07, 6.45) is -0.266. The summed E-state index contributed by atoms with van der Waals surface area (Å²) >= 11 is 5.99. The number of halogens is 4. The van der Waals surface area contributed by atoms with Crippen molar-refractivity contribution in [1.82, 2.24) is 14.9 Å². The van der Waals surface area contributed by atoms with E-state index in [2.05, 4.69) is 10.3 Å². The van der Waals surface area contributed by atoms with E-state index in [0.29, 0.717) is 18.2 Å². The maximum atomic E-state index is 13.0. The van der Waals surface area contributed by atoms with Crippen LogP contribution in [-0.2, 0) is 6.18 Å². The number of carbonyl (C=O) groups excluding carboxylic acids is 1. The molecule has 0 bridgehead atoms. The number of nitrogens with one attached hydrogen (secondary N) is 1. The molecule has 3 aromatic rings. The highest BCUT2D eigenvalue weighted by Gasteiger charge is 2.32. The van der Waals surface area contributed by atoms with E-state index in [1.54, 1.807) is 24.5 Å². The molecule has 0 saturated heterocycles. The van der Waals surface area contributed by atoms with Gasteiger partial charge in [0, 0.05) is 25.1 Å². The van der Waals surface area contributed by atoms with Crippen molar-refractivity contribution in [2.75, 3.05) is 13.2 Å². The maximum Gasteiger partial charge on any atom is 0.417 e. The molecule has 2 heterocycles. The Balaban J connectivity index is 1.60. The van der Waals surface area contributed by atoms with Crippen LogP contribution in [0, 0.1) is 11.3 Å². The fourth-order valence-electron chi connectivity index (χ4n) is 2.69. The molecule has 0 aliphatic rings. The second-order valence-corrected chi connectivity index (χ2v) is 6.81. The topological polar surface area (TPSA) is 79.9 Å². The number of alkyl halides is 3. The molecule has 1 aromatic carbocycles. The van der Waals surface area contributed by atoms with Gasteiger partial charge in [0.15, 0.2) is 0 Å². The Morgan fingerprint density at radius 3 is 2.68 bits per heavy atom. The molecule has 2 aromatic heterocycles. The summed E-state index contributed by atoms with van der Waals surface area (Å²) in [7, 11) is 0. The zero-order valence-electron chi connectivity index (χ0n) is 16.0. The number of nitrogens with zero attached hydrogens (tertiary/aromatic N) is 3. The highest BCUT2D eigenvalue weighted by Crippen LogP contribution is 2.32. The van der Waals surface area contributed by atoms with Crippen molar-refractivity contribution in [3.8, 4) is 17.6 Å². The van der Waals surface area contributed by atoms with Crippen LogP contribution in [0.2, 0.25) is 5.02 Å². The molecule has 0 aliphatic heterocycles. The molecule has 3 rings (SSSR count). The lowest BCUT2D eigenvalue weighted by molar-refractivity contribution is -0.137. The van der Waals surface area contributed by atoms with Crippen molar-refractivity contribution >= 4 is 17.5 Å². The molecule has 10 heteroatoms. The van der Waals surface area contributed by atoms with Crippen LogP contribution >= 0.6 is 11.6 Å². The second-order valence-electron chi connectivity index (χ2n) is 6.40. The van der Waals surface area contributed by atoms with Crippen LogP contribution in [-0.4, -0.2) is 28.6 Å². The zero-order valence-corrected chi connectivity index (χ0v) is 16.7. The summed E-state index contributed by atoms with van der Waals surface area (Å²) in [6.45, 7) is 0.338. The lowest BCUT2D eigenvalue weighted by Crippen LogP contribution is -2.26. The lowest BCUT2D eigenvalue weighted by atomic mass is 10.1. The third-order valence-corrected chi connectivity index (χ3v) is 4.56. The molecule has 6 nitrogen and oxygen atoms in total. The summed E-state index contributed by atoms with van der Waals surface area (Å²) in [5.74, 6) is -0.400. The number of hydrogen-bond acceptors (Lipinski definition) is 4. The van der Waals surface area contributed by atoms with Gasteiger partial charge in [-0.05, 0) is 42.8 Å². The fraction of sp³-hybridized carbons (Fsp3) is 0.190. The molecule has 0 saturated carbocycles. The molecule has 1 amide bonds. The maximum absolute atomic E-state index is 13.0. The molecule has 0 aliphatic carbocycles. The van der Waals surface area contributed by atoms with Gasteiger partial charge in [0.05, 0.1) is 34.4 Å². The fourth-order valence-corrected chi connectivity index (χ4v) is 2.90. The first-order valence-corrected chi connectivity index (χ1v) is 9.48. The van der Waals surface area contributed by atoms with Crippen LogP contribution in [0.1, 0.15) is 27.9 Å². The summed E-state index contributed by atoms with van der Waals surface area (Å²) in [5, 5.41) is 11.8. The number of ether oxygens (including phenoxy) is 1. The van der Waals surface area contributed by atoms with Crippen LogP contribution in [0.3, 0.4) is 0 Å². The molecule has 0 radical (unpaired) electrons. The Morgan fingerprint density at radius 2 is 2.00 bits per heavy atom. The largest absolute Gasteiger partial charge is 0.476 e. The van der Waals surface area contributed by atoms with Crippen LogP contribution < -0.4 is 10.1 Å². The monoisotopic (exact) mass is 448 g/mol. The van der Waals surface area contributed by atoms with E-state index in [4.69, 9.17) is 21.6 Å². The van der Waals surface area contributed by atoms with E-state index < -0.39 is 17.6 Å². The number of hydrogen-bond donors (Lipinski definition) is 1. The molecule has 0 unspecified atom stereocenters. The third kappa shape index (κ3) is 5.55. The summed E-state index contributed by atoms with van der Waals surface area (Å²) in [5.41, 5.74) is -0.235. The van der Waals surface area contributed by atoms with Crippen LogP contribution in [0.25, 0.3) is 5.69 Å². The molecule has 0 spiro atoms. The van der Waals surface area contributed by atoms with Crippen LogP contribution in [0.5, 0.6) is 5.88 Å². The number of carbonyl (C=O) groups is 1. The van der Waals surface area contributed by atoms with Gasteiger partial charge in [0.1, 0.15) is 5.69 Å². The Bertz CT molecular complexity index is 1110. The molecule has 160 valence electrons. The van der Waals surface area contributed by atoms with E-state index in [1.165, 1.54) is 22.8 Å². The van der Waals surface area contributed by atoms with Gasteiger partial charge in [0.2, 0.25) is 5.88 Å². The predicted molar refractivity (Wildman–Crippen MR) is 107 cm³/mol. The SMILES string of the molecule is N#Cc1ccc(Cl)c(C(=O)NCCCOc2ncc(C(F)(F)F)cc2-n2cccc2)c1. The summed E-state index contributed by atoms with van der Waals surface area (Å²) < 4.78 is 46.1. The van der Waals surface area contributed by atoms with E-state index in [1.807, 2.05) is 6.07 Å². The first-order chi connectivity index (χ1) is 14.8. The predicted octanol–water partition coefficient (Wildman–Crippen LogP) is 4.62. The highest BCUT2D eigenvalue weighted by atomic mass is 35.5. The van der Waals surface area contributed by atoms with Crippen LogP contribution in [0.4, 0.5) is 13.2 Å². The molecule has 31 heavy (non-hydrogen) atoms. The lowest BCUT2D eigenvalue weighted by Gasteiger charge is -2.14. The number of amides is 1. The van der Waals surface area contributed by atoms with E-state index in [-0.39, 0.29) is 35.3 Å². The van der Waals surface area contributed by atoms with Crippen molar-refractivity contribution in [1.29, 1.82) is 5.26 Å².